The van der Waals surface area contributed by atoms with Crippen LogP contribution in [0, 0.1) is 5.92 Å². The van der Waals surface area contributed by atoms with Gasteiger partial charge in [0.25, 0.3) is 0 Å². The predicted molar refractivity (Wildman–Crippen MR) is 83.9 cm³/mol. The Bertz CT molecular complexity index is 247. The molecule has 0 heterocycles. The van der Waals surface area contributed by atoms with Gasteiger partial charge < -0.3 is 9.47 Å². The van der Waals surface area contributed by atoms with E-state index in [1.54, 1.807) is 0 Å². The molecule has 0 aliphatic carbocycles. The molecule has 20 heavy (non-hydrogen) atoms. The summed E-state index contributed by atoms with van der Waals surface area (Å²) in [6, 6.07) is 0. The van der Waals surface area contributed by atoms with E-state index in [0.29, 0.717) is 19.1 Å². The highest BCUT2D eigenvalue weighted by atomic mass is 16.7. The first-order valence-electron chi connectivity index (χ1n) is 8.11. The molecule has 0 bridgehead atoms. The maximum absolute atomic E-state index is 11.1. The number of hydrogen-bond acceptors (Lipinski definition) is 3. The molecule has 0 atom stereocenters. The summed E-state index contributed by atoms with van der Waals surface area (Å²) in [5.74, 6) is 0.343. The lowest BCUT2D eigenvalue weighted by Gasteiger charge is -2.06. The van der Waals surface area contributed by atoms with E-state index in [4.69, 9.17) is 9.47 Å². The molecule has 0 rings (SSSR count). The van der Waals surface area contributed by atoms with Crippen molar-refractivity contribution >= 4 is 6.16 Å². The van der Waals surface area contributed by atoms with E-state index >= 15 is 0 Å². The van der Waals surface area contributed by atoms with Crippen molar-refractivity contribution in [3.63, 3.8) is 0 Å². The predicted octanol–water partition coefficient (Wildman–Crippen LogP) is 5.49. The maximum atomic E-state index is 11.1. The topological polar surface area (TPSA) is 35.5 Å². The van der Waals surface area contributed by atoms with E-state index in [0.717, 1.165) is 6.42 Å². The first-order valence-corrected chi connectivity index (χ1v) is 8.11. The zero-order valence-electron chi connectivity index (χ0n) is 13.5. The molecule has 0 unspecified atom stereocenters. The molecule has 0 aliphatic rings. The Labute approximate surface area is 124 Å². The van der Waals surface area contributed by atoms with Crippen molar-refractivity contribution in [2.75, 3.05) is 13.2 Å². The van der Waals surface area contributed by atoms with Crippen molar-refractivity contribution in [2.45, 2.75) is 72.1 Å². The number of unbranched alkanes of at least 4 members (excludes halogenated alkanes) is 7. The summed E-state index contributed by atoms with van der Waals surface area (Å²) in [6.45, 7) is 6.96. The third-order valence-corrected chi connectivity index (χ3v) is 2.97. The van der Waals surface area contributed by atoms with Gasteiger partial charge in [-0.05, 0) is 18.8 Å². The molecule has 0 spiro atoms. The van der Waals surface area contributed by atoms with Crippen molar-refractivity contribution in [1.29, 1.82) is 0 Å². The molecular formula is C17H32O3. The zero-order chi connectivity index (χ0) is 15.1. The van der Waals surface area contributed by atoms with Crippen molar-refractivity contribution in [3.05, 3.63) is 12.2 Å². The number of allylic oxidation sites excluding steroid dienone is 1. The Morgan fingerprint density at radius 1 is 0.950 bits per heavy atom. The summed E-state index contributed by atoms with van der Waals surface area (Å²) in [7, 11) is 0. The summed E-state index contributed by atoms with van der Waals surface area (Å²) in [5.41, 5.74) is 0. The summed E-state index contributed by atoms with van der Waals surface area (Å²) in [6.07, 6.45) is 13.7. The average Bonchev–Trinajstić information content (AvgIpc) is 2.42. The molecule has 3 nitrogen and oxygen atoms in total. The molecule has 0 aromatic heterocycles. The van der Waals surface area contributed by atoms with Gasteiger partial charge in [0, 0.05) is 0 Å². The van der Waals surface area contributed by atoms with Crippen LogP contribution in [-0.2, 0) is 9.47 Å². The van der Waals surface area contributed by atoms with Crippen LogP contribution in [0.2, 0.25) is 0 Å². The van der Waals surface area contributed by atoms with Crippen LogP contribution in [0.3, 0.4) is 0 Å². The highest BCUT2D eigenvalue weighted by molar-refractivity contribution is 5.59. The van der Waals surface area contributed by atoms with Gasteiger partial charge in [0.1, 0.15) is 6.61 Å². The number of rotatable bonds is 12. The second-order valence-corrected chi connectivity index (χ2v) is 5.65. The highest BCUT2D eigenvalue weighted by Crippen LogP contribution is 2.08. The average molecular weight is 284 g/mol. The molecule has 0 saturated carbocycles. The minimum atomic E-state index is -0.570. The van der Waals surface area contributed by atoms with Crippen molar-refractivity contribution in [2.24, 2.45) is 5.92 Å². The molecule has 0 fully saturated rings. The SMILES string of the molecule is CCCCCCCCC/C=C/COC(=O)OCC(C)C. The molecule has 0 radical (unpaired) electrons. The number of ether oxygens (including phenoxy) is 2. The monoisotopic (exact) mass is 284 g/mol. The fourth-order valence-electron chi connectivity index (χ4n) is 1.80. The van der Waals surface area contributed by atoms with E-state index < -0.39 is 6.16 Å². The minimum Gasteiger partial charge on any atom is -0.434 e. The van der Waals surface area contributed by atoms with E-state index in [-0.39, 0.29) is 0 Å². The quantitative estimate of drug-likeness (QED) is 0.270. The molecule has 118 valence electrons. The third kappa shape index (κ3) is 15.1. The Kier molecular flexibility index (Phi) is 13.7. The zero-order valence-corrected chi connectivity index (χ0v) is 13.5. The molecule has 0 aromatic rings. The fourth-order valence-corrected chi connectivity index (χ4v) is 1.80. The van der Waals surface area contributed by atoms with Crippen LogP contribution >= 0.6 is 0 Å². The number of carbonyl (C=O) groups excluding carboxylic acids is 1. The van der Waals surface area contributed by atoms with Crippen LogP contribution in [0.5, 0.6) is 0 Å². The van der Waals surface area contributed by atoms with Crippen molar-refractivity contribution < 1.29 is 14.3 Å². The molecular weight excluding hydrogens is 252 g/mol. The van der Waals surface area contributed by atoms with Crippen LogP contribution in [0.4, 0.5) is 4.79 Å². The molecule has 3 heteroatoms. The molecule has 0 amide bonds. The van der Waals surface area contributed by atoms with Crippen molar-refractivity contribution in [1.82, 2.24) is 0 Å². The first kappa shape index (κ1) is 19.0. The van der Waals surface area contributed by atoms with Gasteiger partial charge in [-0.15, -0.1) is 0 Å². The van der Waals surface area contributed by atoms with Crippen molar-refractivity contribution in [3.8, 4) is 0 Å². The Balaban J connectivity index is 3.25. The van der Waals surface area contributed by atoms with E-state index in [9.17, 15) is 4.79 Å². The van der Waals surface area contributed by atoms with Gasteiger partial charge in [0.2, 0.25) is 0 Å². The van der Waals surface area contributed by atoms with Crippen LogP contribution < -0.4 is 0 Å². The van der Waals surface area contributed by atoms with Crippen LogP contribution in [-0.4, -0.2) is 19.4 Å². The van der Waals surface area contributed by atoms with Crippen LogP contribution in [0.15, 0.2) is 12.2 Å². The van der Waals surface area contributed by atoms with E-state index in [1.165, 1.54) is 44.9 Å². The number of hydrogen-bond donors (Lipinski definition) is 0. The van der Waals surface area contributed by atoms with Gasteiger partial charge in [-0.3, -0.25) is 0 Å². The van der Waals surface area contributed by atoms with Gasteiger partial charge >= 0.3 is 6.16 Å². The lowest BCUT2D eigenvalue weighted by molar-refractivity contribution is 0.0549. The van der Waals surface area contributed by atoms with Gasteiger partial charge in [0.05, 0.1) is 6.61 Å². The normalized spacial score (nSPS) is 11.2. The van der Waals surface area contributed by atoms with Gasteiger partial charge in [0.15, 0.2) is 0 Å². The second-order valence-electron chi connectivity index (χ2n) is 5.65. The van der Waals surface area contributed by atoms with Gasteiger partial charge in [-0.25, -0.2) is 4.79 Å². The minimum absolute atomic E-state index is 0.313. The lowest BCUT2D eigenvalue weighted by Crippen LogP contribution is -2.11. The third-order valence-electron chi connectivity index (χ3n) is 2.97. The summed E-state index contributed by atoms with van der Waals surface area (Å²) >= 11 is 0. The van der Waals surface area contributed by atoms with Gasteiger partial charge in [-0.2, -0.15) is 0 Å². The summed E-state index contributed by atoms with van der Waals surface area (Å²) in [5, 5.41) is 0. The molecule has 0 aromatic carbocycles. The maximum Gasteiger partial charge on any atom is 0.508 e. The Morgan fingerprint density at radius 2 is 1.60 bits per heavy atom. The fraction of sp³-hybridized carbons (Fsp3) is 0.824. The molecule has 0 N–H and O–H groups in total. The number of carbonyl (C=O) groups is 1. The summed E-state index contributed by atoms with van der Waals surface area (Å²) < 4.78 is 9.82. The molecule has 0 aliphatic heterocycles. The van der Waals surface area contributed by atoms with Crippen LogP contribution in [0.25, 0.3) is 0 Å². The van der Waals surface area contributed by atoms with E-state index in [1.807, 2.05) is 19.9 Å². The highest BCUT2D eigenvalue weighted by Gasteiger charge is 2.03. The Hall–Kier alpha value is -0.990. The first-order chi connectivity index (χ1) is 9.66. The Morgan fingerprint density at radius 3 is 2.25 bits per heavy atom. The lowest BCUT2D eigenvalue weighted by atomic mass is 10.1. The van der Waals surface area contributed by atoms with Gasteiger partial charge in [-0.1, -0.05) is 71.4 Å². The van der Waals surface area contributed by atoms with E-state index in [2.05, 4.69) is 13.0 Å². The summed E-state index contributed by atoms with van der Waals surface area (Å²) in [4.78, 5) is 11.1. The standard InChI is InChI=1S/C17H32O3/c1-4-5-6-7-8-9-10-11-12-13-14-19-17(18)20-15-16(2)3/h12-13,16H,4-11,14-15H2,1-3H3/b13-12+. The van der Waals surface area contributed by atoms with Crippen LogP contribution in [0.1, 0.15) is 72.1 Å². The second kappa shape index (κ2) is 14.4. The smallest absolute Gasteiger partial charge is 0.434 e. The molecule has 0 saturated heterocycles. The largest absolute Gasteiger partial charge is 0.508 e.